The van der Waals surface area contributed by atoms with Gasteiger partial charge >= 0.3 is 5.97 Å². The molecular formula is C14H17NO4. The molecule has 19 heavy (non-hydrogen) atoms. The van der Waals surface area contributed by atoms with Gasteiger partial charge in [0.25, 0.3) is 5.91 Å². The van der Waals surface area contributed by atoms with E-state index in [1.165, 1.54) is 25.8 Å². The van der Waals surface area contributed by atoms with Crippen molar-refractivity contribution in [2.24, 2.45) is 0 Å². The van der Waals surface area contributed by atoms with Crippen molar-refractivity contribution >= 4 is 11.9 Å². The summed E-state index contributed by atoms with van der Waals surface area (Å²) in [5.74, 6) is -0.536. The highest BCUT2D eigenvalue weighted by atomic mass is 16.5. The molecule has 0 fully saturated rings. The monoisotopic (exact) mass is 263 g/mol. The molecule has 5 heteroatoms. The van der Waals surface area contributed by atoms with E-state index in [4.69, 9.17) is 9.84 Å². The van der Waals surface area contributed by atoms with Crippen LogP contribution in [0.15, 0.2) is 18.2 Å². The number of carbonyl (C=O) groups is 2. The standard InChI is InChI=1S/C14H17NO4/c1-14(2,13(17)18)15(3)12(16)10-4-5-11-9(8-10)6-7-19-11/h4-5,8H,6-7H2,1-3H3,(H,17,18). The number of likely N-dealkylation sites (N-methyl/N-ethyl adjacent to an activating group) is 1. The number of benzene rings is 1. The van der Waals surface area contributed by atoms with Gasteiger partial charge in [-0.2, -0.15) is 0 Å². The van der Waals surface area contributed by atoms with Crippen molar-refractivity contribution in [2.75, 3.05) is 13.7 Å². The quantitative estimate of drug-likeness (QED) is 0.898. The number of nitrogens with zero attached hydrogens (tertiary/aromatic N) is 1. The molecule has 1 aromatic rings. The normalized spacial score (nSPS) is 13.6. The van der Waals surface area contributed by atoms with Crippen LogP contribution in [0.1, 0.15) is 29.8 Å². The minimum atomic E-state index is -1.24. The first-order valence-electron chi connectivity index (χ1n) is 6.11. The van der Waals surface area contributed by atoms with Crippen molar-refractivity contribution in [2.45, 2.75) is 25.8 Å². The number of fused-ring (bicyclic) bond motifs is 1. The Kier molecular flexibility index (Phi) is 3.22. The summed E-state index contributed by atoms with van der Waals surface area (Å²) < 4.78 is 5.38. The zero-order chi connectivity index (χ0) is 14.2. The summed E-state index contributed by atoms with van der Waals surface area (Å²) in [6.07, 6.45) is 0.780. The van der Waals surface area contributed by atoms with Crippen LogP contribution in [0.2, 0.25) is 0 Å². The van der Waals surface area contributed by atoms with Crippen LogP contribution in [-0.4, -0.2) is 41.1 Å². The Morgan fingerprint density at radius 3 is 2.68 bits per heavy atom. The molecule has 1 heterocycles. The number of rotatable bonds is 3. The summed E-state index contributed by atoms with van der Waals surface area (Å²) in [4.78, 5) is 24.7. The van der Waals surface area contributed by atoms with E-state index in [-0.39, 0.29) is 5.91 Å². The lowest BCUT2D eigenvalue weighted by Gasteiger charge is -2.31. The first-order valence-corrected chi connectivity index (χ1v) is 6.11. The summed E-state index contributed by atoms with van der Waals surface area (Å²) >= 11 is 0. The Labute approximate surface area is 111 Å². The molecular weight excluding hydrogens is 246 g/mol. The summed E-state index contributed by atoms with van der Waals surface area (Å²) in [6.45, 7) is 3.64. The lowest BCUT2D eigenvalue weighted by Crippen LogP contribution is -2.50. The second-order valence-corrected chi connectivity index (χ2v) is 5.15. The van der Waals surface area contributed by atoms with E-state index in [2.05, 4.69) is 0 Å². The molecule has 1 aliphatic heterocycles. The largest absolute Gasteiger partial charge is 0.493 e. The molecule has 0 aromatic heterocycles. The number of ether oxygens (including phenoxy) is 1. The molecule has 1 N–H and O–H groups in total. The predicted molar refractivity (Wildman–Crippen MR) is 69.4 cm³/mol. The molecule has 0 unspecified atom stereocenters. The highest BCUT2D eigenvalue weighted by Crippen LogP contribution is 2.27. The van der Waals surface area contributed by atoms with Gasteiger partial charge < -0.3 is 14.7 Å². The lowest BCUT2D eigenvalue weighted by molar-refractivity contribution is -0.147. The molecule has 0 saturated heterocycles. The van der Waals surface area contributed by atoms with Crippen molar-refractivity contribution in [1.82, 2.24) is 4.90 Å². The van der Waals surface area contributed by atoms with Crippen molar-refractivity contribution in [3.8, 4) is 5.75 Å². The second kappa shape index (κ2) is 4.57. The third-order valence-corrected chi connectivity index (χ3v) is 3.60. The highest BCUT2D eigenvalue weighted by molar-refractivity contribution is 5.97. The maximum Gasteiger partial charge on any atom is 0.329 e. The topological polar surface area (TPSA) is 66.8 Å². The second-order valence-electron chi connectivity index (χ2n) is 5.15. The van der Waals surface area contributed by atoms with E-state index < -0.39 is 11.5 Å². The molecule has 5 nitrogen and oxygen atoms in total. The lowest BCUT2D eigenvalue weighted by atomic mass is 10.0. The van der Waals surface area contributed by atoms with Gasteiger partial charge in [-0.1, -0.05) is 0 Å². The maximum atomic E-state index is 12.3. The van der Waals surface area contributed by atoms with Crippen LogP contribution in [0.3, 0.4) is 0 Å². The maximum absolute atomic E-state index is 12.3. The van der Waals surface area contributed by atoms with Crippen molar-refractivity contribution in [1.29, 1.82) is 0 Å². The van der Waals surface area contributed by atoms with Gasteiger partial charge in [0.05, 0.1) is 6.61 Å². The fourth-order valence-electron chi connectivity index (χ4n) is 1.91. The Morgan fingerprint density at radius 1 is 1.37 bits per heavy atom. The van der Waals surface area contributed by atoms with E-state index in [0.717, 1.165) is 17.7 Å². The van der Waals surface area contributed by atoms with Gasteiger partial charge in [0, 0.05) is 19.0 Å². The highest BCUT2D eigenvalue weighted by Gasteiger charge is 2.35. The summed E-state index contributed by atoms with van der Waals surface area (Å²) in [6, 6.07) is 5.21. The number of carboxylic acids is 1. The van der Waals surface area contributed by atoms with Crippen molar-refractivity contribution in [3.05, 3.63) is 29.3 Å². The number of hydrogen-bond acceptors (Lipinski definition) is 3. The first kappa shape index (κ1) is 13.4. The Bertz CT molecular complexity index is 536. The van der Waals surface area contributed by atoms with Crippen molar-refractivity contribution < 1.29 is 19.4 Å². The molecule has 102 valence electrons. The van der Waals surface area contributed by atoms with Crippen LogP contribution in [-0.2, 0) is 11.2 Å². The minimum Gasteiger partial charge on any atom is -0.493 e. The Morgan fingerprint density at radius 2 is 2.05 bits per heavy atom. The van der Waals surface area contributed by atoms with Gasteiger partial charge in [-0.05, 0) is 37.6 Å². The van der Waals surface area contributed by atoms with Gasteiger partial charge in [0.1, 0.15) is 11.3 Å². The summed E-state index contributed by atoms with van der Waals surface area (Å²) in [5.41, 5.74) is 0.237. The molecule has 0 atom stereocenters. The average Bonchev–Trinajstić information content (AvgIpc) is 2.83. The fraction of sp³-hybridized carbons (Fsp3) is 0.429. The van der Waals surface area contributed by atoms with Crippen LogP contribution in [0.5, 0.6) is 5.75 Å². The van der Waals surface area contributed by atoms with Gasteiger partial charge in [-0.15, -0.1) is 0 Å². The molecule has 1 amide bonds. The van der Waals surface area contributed by atoms with E-state index in [1.807, 2.05) is 0 Å². The van der Waals surface area contributed by atoms with Gasteiger partial charge in [0.2, 0.25) is 0 Å². The van der Waals surface area contributed by atoms with E-state index in [1.54, 1.807) is 18.2 Å². The fourth-order valence-corrected chi connectivity index (χ4v) is 1.91. The van der Waals surface area contributed by atoms with Crippen LogP contribution < -0.4 is 4.74 Å². The zero-order valence-electron chi connectivity index (χ0n) is 11.3. The van der Waals surface area contributed by atoms with Gasteiger partial charge in [0.15, 0.2) is 0 Å². The van der Waals surface area contributed by atoms with Crippen LogP contribution in [0, 0.1) is 0 Å². The molecule has 1 aromatic carbocycles. The van der Waals surface area contributed by atoms with E-state index in [9.17, 15) is 9.59 Å². The SMILES string of the molecule is CN(C(=O)c1ccc2c(c1)CCO2)C(C)(C)C(=O)O. The number of amides is 1. The third kappa shape index (κ3) is 2.28. The summed E-state index contributed by atoms with van der Waals surface area (Å²) in [5, 5.41) is 9.15. The molecule has 0 spiro atoms. The first-order chi connectivity index (χ1) is 8.84. The third-order valence-electron chi connectivity index (χ3n) is 3.60. The number of carbonyl (C=O) groups excluding carboxylic acids is 1. The van der Waals surface area contributed by atoms with E-state index in [0.29, 0.717) is 12.2 Å². The molecule has 0 radical (unpaired) electrons. The average molecular weight is 263 g/mol. The molecule has 0 aliphatic carbocycles. The van der Waals surface area contributed by atoms with Crippen LogP contribution in [0.25, 0.3) is 0 Å². The number of hydrogen-bond donors (Lipinski definition) is 1. The van der Waals surface area contributed by atoms with E-state index >= 15 is 0 Å². The smallest absolute Gasteiger partial charge is 0.329 e. The Hall–Kier alpha value is -2.04. The molecule has 0 saturated carbocycles. The zero-order valence-corrected chi connectivity index (χ0v) is 11.3. The molecule has 1 aliphatic rings. The number of aliphatic carboxylic acids is 1. The Balaban J connectivity index is 2.27. The number of carboxylic acid groups (broad SMARTS) is 1. The molecule has 2 rings (SSSR count). The summed E-state index contributed by atoms with van der Waals surface area (Å²) in [7, 11) is 1.50. The van der Waals surface area contributed by atoms with Crippen LogP contribution >= 0.6 is 0 Å². The predicted octanol–water partition coefficient (Wildman–Crippen LogP) is 1.56. The van der Waals surface area contributed by atoms with Crippen LogP contribution in [0.4, 0.5) is 0 Å². The molecule has 0 bridgehead atoms. The van der Waals surface area contributed by atoms with Crippen molar-refractivity contribution in [3.63, 3.8) is 0 Å². The van der Waals surface area contributed by atoms with Gasteiger partial charge in [-0.25, -0.2) is 4.79 Å². The van der Waals surface area contributed by atoms with Gasteiger partial charge in [-0.3, -0.25) is 4.79 Å². The minimum absolute atomic E-state index is 0.304.